The van der Waals surface area contributed by atoms with Crippen molar-refractivity contribution in [2.45, 2.75) is 4.90 Å². The molecule has 0 bridgehead atoms. The lowest BCUT2D eigenvalue weighted by molar-refractivity contribution is 0.432. The number of halogens is 1. The van der Waals surface area contributed by atoms with Crippen molar-refractivity contribution in [1.82, 2.24) is 24.9 Å². The fourth-order valence-corrected chi connectivity index (χ4v) is 4.08. The summed E-state index contributed by atoms with van der Waals surface area (Å²) in [5.41, 5.74) is 2.50. The van der Waals surface area contributed by atoms with Gasteiger partial charge in [-0.25, -0.2) is 17.5 Å². The molecule has 164 valence electrons. The van der Waals surface area contributed by atoms with E-state index < -0.39 is 15.7 Å². The van der Waals surface area contributed by atoms with Crippen molar-refractivity contribution in [3.63, 3.8) is 0 Å². The highest BCUT2D eigenvalue weighted by molar-refractivity contribution is 7.90. The first-order valence-electron chi connectivity index (χ1n) is 9.80. The molecule has 3 aromatic heterocycles. The molecule has 0 atom stereocenters. The van der Waals surface area contributed by atoms with Gasteiger partial charge in [-0.05, 0) is 36.4 Å². The van der Waals surface area contributed by atoms with Gasteiger partial charge in [0.15, 0.2) is 9.84 Å². The van der Waals surface area contributed by atoms with Crippen molar-refractivity contribution in [1.29, 1.82) is 0 Å². The Morgan fingerprint density at radius 1 is 0.970 bits per heavy atom. The maximum Gasteiger partial charge on any atom is 0.262 e. The zero-order valence-corrected chi connectivity index (χ0v) is 18.1. The van der Waals surface area contributed by atoms with Crippen molar-refractivity contribution in [2.75, 3.05) is 6.26 Å². The van der Waals surface area contributed by atoms with Crippen LogP contribution in [0.4, 0.5) is 4.39 Å². The predicted molar refractivity (Wildman–Crippen MR) is 119 cm³/mol. The van der Waals surface area contributed by atoms with E-state index in [1.54, 1.807) is 54.9 Å². The van der Waals surface area contributed by atoms with Crippen molar-refractivity contribution in [3.05, 3.63) is 85.1 Å². The lowest BCUT2D eigenvalue weighted by atomic mass is 10.1. The van der Waals surface area contributed by atoms with Crippen LogP contribution < -0.4 is 0 Å². The fraction of sp³-hybridized carbons (Fsp3) is 0.0435. The largest absolute Gasteiger partial charge is 0.333 e. The number of sulfone groups is 1. The third-order valence-electron chi connectivity index (χ3n) is 4.98. The van der Waals surface area contributed by atoms with E-state index in [9.17, 15) is 12.8 Å². The molecule has 5 rings (SSSR count). The minimum Gasteiger partial charge on any atom is -0.333 e. The molecule has 0 radical (unpaired) electrons. The highest BCUT2D eigenvalue weighted by Gasteiger charge is 2.22. The van der Waals surface area contributed by atoms with E-state index >= 15 is 0 Å². The topological polar surface area (TPSA) is 104 Å². The van der Waals surface area contributed by atoms with Crippen LogP contribution in [-0.4, -0.2) is 39.6 Å². The van der Waals surface area contributed by atoms with Crippen LogP contribution in [0.3, 0.4) is 0 Å². The molecule has 0 saturated heterocycles. The van der Waals surface area contributed by atoms with Crippen molar-refractivity contribution < 1.29 is 17.3 Å². The van der Waals surface area contributed by atoms with Gasteiger partial charge >= 0.3 is 0 Å². The molecule has 33 heavy (non-hydrogen) atoms. The number of para-hydroxylation sites is 1. The van der Waals surface area contributed by atoms with Gasteiger partial charge in [0, 0.05) is 29.8 Å². The monoisotopic (exact) mass is 461 g/mol. The Bertz CT molecular complexity index is 1560. The maximum absolute atomic E-state index is 14.6. The molecular weight excluding hydrogens is 445 g/mol. The Balaban J connectivity index is 1.65. The average Bonchev–Trinajstić information content (AvgIpc) is 3.47. The summed E-state index contributed by atoms with van der Waals surface area (Å²) >= 11 is 0. The molecule has 0 aliphatic carbocycles. The minimum absolute atomic E-state index is 0.149. The molecule has 0 spiro atoms. The van der Waals surface area contributed by atoms with Gasteiger partial charge in [0.25, 0.3) is 5.89 Å². The van der Waals surface area contributed by atoms with Crippen LogP contribution in [0, 0.1) is 5.82 Å². The number of aromatic nitrogens is 5. The van der Waals surface area contributed by atoms with Gasteiger partial charge in [-0.3, -0.25) is 4.98 Å². The fourth-order valence-electron chi connectivity index (χ4n) is 3.41. The Morgan fingerprint density at radius 2 is 1.76 bits per heavy atom. The Morgan fingerprint density at radius 3 is 2.52 bits per heavy atom. The van der Waals surface area contributed by atoms with Gasteiger partial charge in [-0.1, -0.05) is 29.4 Å². The third-order valence-corrected chi connectivity index (χ3v) is 6.09. The van der Waals surface area contributed by atoms with Crippen LogP contribution in [0.15, 0.2) is 88.7 Å². The number of benzene rings is 2. The van der Waals surface area contributed by atoms with Crippen LogP contribution in [0.25, 0.3) is 39.8 Å². The van der Waals surface area contributed by atoms with Crippen molar-refractivity contribution in [3.8, 4) is 39.8 Å². The summed E-state index contributed by atoms with van der Waals surface area (Å²) in [5.74, 6) is -0.0646. The average molecular weight is 461 g/mol. The predicted octanol–water partition coefficient (Wildman–Crippen LogP) is 4.19. The minimum atomic E-state index is -3.39. The summed E-state index contributed by atoms with van der Waals surface area (Å²) in [7, 11) is -3.39. The standard InChI is InChI=1S/C23H16FN5O3S/c1-33(30,31)17-6-4-5-16(13-17)22-27-23(32-28-22)18-14-26-29(20-8-3-2-7-19(20)24)21(18)15-9-11-25-12-10-15/h2-14H,1H3. The zero-order valence-electron chi connectivity index (χ0n) is 17.3. The van der Waals surface area contributed by atoms with E-state index in [1.807, 2.05) is 0 Å². The molecular formula is C23H16FN5O3S. The summed E-state index contributed by atoms with van der Waals surface area (Å²) in [6.45, 7) is 0. The van der Waals surface area contributed by atoms with Gasteiger partial charge in [0.1, 0.15) is 11.5 Å². The molecule has 3 heterocycles. The highest BCUT2D eigenvalue weighted by atomic mass is 32.2. The molecule has 10 heteroatoms. The molecule has 0 unspecified atom stereocenters. The van der Waals surface area contributed by atoms with Gasteiger partial charge in [0.05, 0.1) is 22.3 Å². The van der Waals surface area contributed by atoms with Gasteiger partial charge < -0.3 is 4.52 Å². The maximum atomic E-state index is 14.6. The third kappa shape index (κ3) is 3.92. The number of nitrogens with zero attached hydrogens (tertiary/aromatic N) is 5. The van der Waals surface area contributed by atoms with E-state index in [-0.39, 0.29) is 22.3 Å². The molecule has 0 amide bonds. The first kappa shape index (κ1) is 20.7. The first-order chi connectivity index (χ1) is 15.9. The van der Waals surface area contributed by atoms with E-state index in [0.717, 1.165) is 11.8 Å². The smallest absolute Gasteiger partial charge is 0.262 e. The summed E-state index contributed by atoms with van der Waals surface area (Å²) in [4.78, 5) is 8.65. The second-order valence-corrected chi connectivity index (χ2v) is 9.24. The lowest BCUT2D eigenvalue weighted by Crippen LogP contribution is -2.02. The summed E-state index contributed by atoms with van der Waals surface area (Å²) in [6.07, 6.45) is 5.89. The van der Waals surface area contributed by atoms with E-state index in [0.29, 0.717) is 16.8 Å². The second kappa shape index (κ2) is 8.06. The summed E-state index contributed by atoms with van der Waals surface area (Å²) in [5, 5.41) is 8.39. The molecule has 2 aromatic carbocycles. The van der Waals surface area contributed by atoms with E-state index in [1.165, 1.54) is 29.1 Å². The molecule has 0 aliphatic rings. The number of rotatable bonds is 5. The SMILES string of the molecule is CS(=O)(=O)c1cccc(-c2noc(-c3cnn(-c4ccccc4F)c3-c3ccncc3)n2)c1. The highest BCUT2D eigenvalue weighted by Crippen LogP contribution is 2.34. The molecule has 5 aromatic rings. The quantitative estimate of drug-likeness (QED) is 0.386. The number of hydrogen-bond acceptors (Lipinski definition) is 7. The van der Waals surface area contributed by atoms with Crippen LogP contribution >= 0.6 is 0 Å². The zero-order chi connectivity index (χ0) is 23.0. The normalized spacial score (nSPS) is 11.6. The van der Waals surface area contributed by atoms with Crippen LogP contribution in [0.5, 0.6) is 0 Å². The first-order valence-corrected chi connectivity index (χ1v) is 11.7. The Kier molecular flexibility index (Phi) is 5.06. The second-order valence-electron chi connectivity index (χ2n) is 7.23. The lowest BCUT2D eigenvalue weighted by Gasteiger charge is -2.09. The number of hydrogen-bond donors (Lipinski definition) is 0. The van der Waals surface area contributed by atoms with E-state index in [2.05, 4.69) is 20.2 Å². The molecule has 0 aliphatic heterocycles. The molecule has 0 fully saturated rings. The van der Waals surface area contributed by atoms with Gasteiger partial charge in [-0.2, -0.15) is 10.1 Å². The van der Waals surface area contributed by atoms with Crippen molar-refractivity contribution >= 4 is 9.84 Å². The van der Waals surface area contributed by atoms with Crippen LogP contribution in [-0.2, 0) is 9.84 Å². The van der Waals surface area contributed by atoms with Crippen molar-refractivity contribution in [2.24, 2.45) is 0 Å². The number of pyridine rings is 1. The Hall–Kier alpha value is -4.18. The van der Waals surface area contributed by atoms with Gasteiger partial charge in [-0.15, -0.1) is 0 Å². The molecule has 8 nitrogen and oxygen atoms in total. The van der Waals surface area contributed by atoms with Crippen LogP contribution in [0.1, 0.15) is 0 Å². The summed E-state index contributed by atoms with van der Waals surface area (Å²) < 4.78 is 45.3. The molecule has 0 saturated carbocycles. The summed E-state index contributed by atoms with van der Waals surface area (Å²) in [6, 6.07) is 16.1. The van der Waals surface area contributed by atoms with Gasteiger partial charge in [0.2, 0.25) is 5.82 Å². The molecule has 0 N–H and O–H groups in total. The van der Waals surface area contributed by atoms with Crippen LogP contribution in [0.2, 0.25) is 0 Å². The van der Waals surface area contributed by atoms with E-state index in [4.69, 9.17) is 4.52 Å². The Labute approximate surface area is 188 Å².